The lowest BCUT2D eigenvalue weighted by molar-refractivity contribution is -0.384. The van der Waals surface area contributed by atoms with E-state index in [1.807, 2.05) is 0 Å². The van der Waals surface area contributed by atoms with Crippen LogP contribution in [-0.4, -0.2) is 37.8 Å². The molecule has 1 amide bonds. The molecule has 1 fully saturated rings. The van der Waals surface area contributed by atoms with Crippen molar-refractivity contribution in [2.45, 2.75) is 16.8 Å². The van der Waals surface area contributed by atoms with Crippen molar-refractivity contribution in [1.29, 1.82) is 0 Å². The highest BCUT2D eigenvalue weighted by molar-refractivity contribution is 7.92. The van der Waals surface area contributed by atoms with E-state index in [-0.39, 0.29) is 18.8 Å². The van der Waals surface area contributed by atoms with Gasteiger partial charge in [0.2, 0.25) is 5.91 Å². The van der Waals surface area contributed by atoms with E-state index in [1.54, 1.807) is 0 Å². The molecular weight excluding hydrogens is 355 g/mol. The number of benzene rings is 1. The third-order valence-electron chi connectivity index (χ3n) is 3.69. The lowest BCUT2D eigenvalue weighted by Crippen LogP contribution is -2.28. The lowest BCUT2D eigenvalue weighted by Gasteiger charge is -2.18. The fourth-order valence-corrected chi connectivity index (χ4v) is 3.21. The van der Waals surface area contributed by atoms with Crippen molar-refractivity contribution >= 4 is 27.1 Å². The third kappa shape index (κ3) is 3.13. The molecule has 1 aromatic carbocycles. The van der Waals surface area contributed by atoms with Gasteiger partial charge < -0.3 is 10.6 Å². The number of nitro groups is 1. The standard InChI is InChI=1S/C12H12F3N3O5S/c13-12(14,15)24(22,23)8-1-2-9(10(5-8)18(20)21)17-4-3-7(6-17)11(16)19/h1-2,5,7H,3-4,6H2,(H2,16,19). The summed E-state index contributed by atoms with van der Waals surface area (Å²) >= 11 is 0. The molecule has 0 saturated carbocycles. The van der Waals surface area contributed by atoms with Gasteiger partial charge in [-0.3, -0.25) is 14.9 Å². The highest BCUT2D eigenvalue weighted by Gasteiger charge is 2.47. The predicted octanol–water partition coefficient (Wildman–Crippen LogP) is 1.20. The minimum atomic E-state index is -5.69. The van der Waals surface area contributed by atoms with Gasteiger partial charge in [-0.05, 0) is 18.6 Å². The SMILES string of the molecule is NC(=O)C1CCN(c2ccc(S(=O)(=O)C(F)(F)F)cc2[N+](=O)[O-])C1. The van der Waals surface area contributed by atoms with Crippen LogP contribution < -0.4 is 10.6 Å². The van der Waals surface area contributed by atoms with E-state index in [0.29, 0.717) is 18.6 Å². The zero-order chi connectivity index (χ0) is 18.3. The molecular formula is C12H12F3N3O5S. The number of rotatable bonds is 4. The average molecular weight is 367 g/mol. The molecule has 1 atom stereocenters. The Kier molecular flexibility index (Phi) is 4.44. The molecule has 24 heavy (non-hydrogen) atoms. The predicted molar refractivity (Wildman–Crippen MR) is 75.9 cm³/mol. The van der Waals surface area contributed by atoms with Gasteiger partial charge in [-0.15, -0.1) is 0 Å². The number of anilines is 1. The molecule has 1 saturated heterocycles. The number of sulfone groups is 1. The number of nitro benzene ring substituents is 1. The molecule has 1 unspecified atom stereocenters. The van der Waals surface area contributed by atoms with Crippen LogP contribution in [0.2, 0.25) is 0 Å². The second kappa shape index (κ2) is 5.92. The van der Waals surface area contributed by atoms with Crippen LogP contribution in [0.1, 0.15) is 6.42 Å². The number of carbonyl (C=O) groups is 1. The van der Waals surface area contributed by atoms with Gasteiger partial charge in [0, 0.05) is 19.2 Å². The molecule has 2 rings (SSSR count). The number of hydrogen-bond donors (Lipinski definition) is 1. The molecule has 0 aliphatic carbocycles. The first-order chi connectivity index (χ1) is 10.9. The summed E-state index contributed by atoms with van der Waals surface area (Å²) in [6.45, 7) is 0.307. The van der Waals surface area contributed by atoms with Crippen LogP contribution in [0.15, 0.2) is 23.1 Å². The summed E-state index contributed by atoms with van der Waals surface area (Å²) in [5.74, 6) is -1.13. The summed E-state index contributed by atoms with van der Waals surface area (Å²) in [7, 11) is -5.69. The maximum atomic E-state index is 12.6. The summed E-state index contributed by atoms with van der Waals surface area (Å²) in [6, 6.07) is 1.96. The van der Waals surface area contributed by atoms with Crippen LogP contribution in [0.25, 0.3) is 0 Å². The molecule has 1 aromatic rings. The van der Waals surface area contributed by atoms with Crippen LogP contribution in [0.5, 0.6) is 0 Å². The maximum Gasteiger partial charge on any atom is 0.501 e. The number of nitrogens with zero attached hydrogens (tertiary/aromatic N) is 2. The molecule has 0 spiro atoms. The first kappa shape index (κ1) is 18.0. The van der Waals surface area contributed by atoms with Gasteiger partial charge >= 0.3 is 5.51 Å². The minimum Gasteiger partial charge on any atom is -0.369 e. The number of carbonyl (C=O) groups excluding carboxylic acids is 1. The fraction of sp³-hybridized carbons (Fsp3) is 0.417. The second-order valence-electron chi connectivity index (χ2n) is 5.19. The van der Waals surface area contributed by atoms with Crippen molar-refractivity contribution in [1.82, 2.24) is 0 Å². The van der Waals surface area contributed by atoms with Gasteiger partial charge in [-0.1, -0.05) is 0 Å². The van der Waals surface area contributed by atoms with E-state index in [4.69, 9.17) is 5.73 Å². The van der Waals surface area contributed by atoms with Crippen LogP contribution >= 0.6 is 0 Å². The van der Waals surface area contributed by atoms with Gasteiger partial charge in [0.25, 0.3) is 15.5 Å². The highest BCUT2D eigenvalue weighted by atomic mass is 32.2. The number of alkyl halides is 3. The Bertz CT molecular complexity index is 794. The summed E-state index contributed by atoms with van der Waals surface area (Å²) in [6.07, 6.45) is 0.342. The first-order valence-corrected chi connectivity index (χ1v) is 8.07. The third-order valence-corrected chi connectivity index (χ3v) is 5.17. The van der Waals surface area contributed by atoms with Crippen molar-refractivity contribution in [3.63, 3.8) is 0 Å². The van der Waals surface area contributed by atoms with E-state index in [0.717, 1.165) is 6.07 Å². The topological polar surface area (TPSA) is 124 Å². The van der Waals surface area contributed by atoms with Gasteiger partial charge in [-0.2, -0.15) is 13.2 Å². The van der Waals surface area contributed by atoms with Crippen LogP contribution in [0.4, 0.5) is 24.5 Å². The summed E-state index contributed by atoms with van der Waals surface area (Å²) in [5, 5.41) is 11.1. The van der Waals surface area contributed by atoms with Crippen LogP contribution in [0, 0.1) is 16.0 Å². The van der Waals surface area contributed by atoms with Crippen molar-refractivity contribution in [2.75, 3.05) is 18.0 Å². The Labute approximate surface area is 134 Å². The molecule has 132 valence electrons. The Morgan fingerprint density at radius 3 is 2.46 bits per heavy atom. The van der Waals surface area contributed by atoms with Crippen molar-refractivity contribution < 1.29 is 31.3 Å². The Morgan fingerprint density at radius 2 is 2.00 bits per heavy atom. The van der Waals surface area contributed by atoms with E-state index in [2.05, 4.69) is 0 Å². The van der Waals surface area contributed by atoms with Crippen LogP contribution in [0.3, 0.4) is 0 Å². The molecule has 1 aliphatic rings. The molecule has 0 radical (unpaired) electrons. The minimum absolute atomic E-state index is 0.0649. The molecule has 12 heteroatoms. The average Bonchev–Trinajstić information content (AvgIpc) is 2.95. The van der Waals surface area contributed by atoms with E-state index in [9.17, 15) is 36.5 Å². The summed E-state index contributed by atoms with van der Waals surface area (Å²) in [4.78, 5) is 21.5. The number of primary amides is 1. The second-order valence-corrected chi connectivity index (χ2v) is 7.13. The smallest absolute Gasteiger partial charge is 0.369 e. The molecule has 0 bridgehead atoms. The molecule has 2 N–H and O–H groups in total. The number of halogens is 3. The van der Waals surface area contributed by atoms with E-state index in [1.165, 1.54) is 4.90 Å². The fourth-order valence-electron chi connectivity index (χ4n) is 2.43. The van der Waals surface area contributed by atoms with Crippen LogP contribution in [-0.2, 0) is 14.6 Å². The van der Waals surface area contributed by atoms with Crippen molar-refractivity contribution in [3.8, 4) is 0 Å². The number of amides is 1. The number of nitrogens with two attached hydrogens (primary N) is 1. The largest absolute Gasteiger partial charge is 0.501 e. The zero-order valence-electron chi connectivity index (χ0n) is 12.0. The molecule has 1 aliphatic heterocycles. The molecule has 0 aromatic heterocycles. The van der Waals surface area contributed by atoms with Gasteiger partial charge in [0.15, 0.2) is 0 Å². The highest BCUT2D eigenvalue weighted by Crippen LogP contribution is 2.37. The lowest BCUT2D eigenvalue weighted by atomic mass is 10.1. The summed E-state index contributed by atoms with van der Waals surface area (Å²) in [5.41, 5.74) is -1.25. The van der Waals surface area contributed by atoms with E-state index < -0.39 is 42.7 Å². The van der Waals surface area contributed by atoms with Gasteiger partial charge in [0.1, 0.15) is 5.69 Å². The molecule has 1 heterocycles. The van der Waals surface area contributed by atoms with Crippen molar-refractivity contribution in [2.24, 2.45) is 11.7 Å². The normalized spacial score (nSPS) is 18.6. The quantitative estimate of drug-likeness (QED) is 0.630. The summed E-state index contributed by atoms with van der Waals surface area (Å²) < 4.78 is 60.5. The monoisotopic (exact) mass is 367 g/mol. The Hall–Kier alpha value is -2.37. The number of hydrogen-bond acceptors (Lipinski definition) is 6. The Morgan fingerprint density at radius 1 is 1.38 bits per heavy atom. The van der Waals surface area contributed by atoms with Crippen molar-refractivity contribution in [3.05, 3.63) is 28.3 Å². The zero-order valence-corrected chi connectivity index (χ0v) is 12.8. The molecule has 8 nitrogen and oxygen atoms in total. The van der Waals surface area contributed by atoms with Gasteiger partial charge in [0.05, 0.1) is 15.7 Å². The maximum absolute atomic E-state index is 12.6. The van der Waals surface area contributed by atoms with E-state index >= 15 is 0 Å². The Balaban J connectivity index is 2.46. The van der Waals surface area contributed by atoms with Gasteiger partial charge in [-0.25, -0.2) is 8.42 Å². The first-order valence-electron chi connectivity index (χ1n) is 6.59.